The van der Waals surface area contributed by atoms with Gasteiger partial charge in [0.2, 0.25) is 0 Å². The molecule has 0 radical (unpaired) electrons. The van der Waals surface area contributed by atoms with Gasteiger partial charge in [-0.25, -0.2) is 0 Å². The number of benzene rings is 2. The standard InChI is InChI=1S/C24H29ClN4O/c1-7-24(5,6)15-21(30)18-12-17(16-8-10-19(25)11-9-16)13-20(14-18)29-22(23(2,3)4)26-27-28-29/h8-14H,7,15H2,1-6H3. The van der Waals surface area contributed by atoms with Crippen molar-refractivity contribution in [3.63, 3.8) is 0 Å². The van der Waals surface area contributed by atoms with E-state index >= 15 is 0 Å². The van der Waals surface area contributed by atoms with Crippen LogP contribution in [-0.4, -0.2) is 26.0 Å². The van der Waals surface area contributed by atoms with Gasteiger partial charge in [-0.15, -0.1) is 5.10 Å². The number of hydrogen-bond acceptors (Lipinski definition) is 4. The Morgan fingerprint density at radius 1 is 1.00 bits per heavy atom. The lowest BCUT2D eigenvalue weighted by Gasteiger charge is -2.22. The fraction of sp³-hybridized carbons (Fsp3) is 0.417. The zero-order valence-electron chi connectivity index (χ0n) is 18.5. The van der Waals surface area contributed by atoms with Crippen LogP contribution in [0.1, 0.15) is 70.6 Å². The zero-order valence-corrected chi connectivity index (χ0v) is 19.3. The zero-order chi connectivity index (χ0) is 22.1. The molecule has 3 rings (SSSR count). The summed E-state index contributed by atoms with van der Waals surface area (Å²) >= 11 is 6.07. The Morgan fingerprint density at radius 3 is 2.27 bits per heavy atom. The minimum atomic E-state index is -0.242. The van der Waals surface area contributed by atoms with Crippen LogP contribution in [0.4, 0.5) is 0 Å². The molecule has 1 aromatic heterocycles. The molecule has 0 saturated carbocycles. The summed E-state index contributed by atoms with van der Waals surface area (Å²) < 4.78 is 1.72. The van der Waals surface area contributed by atoms with E-state index in [1.54, 1.807) is 4.68 Å². The molecule has 0 amide bonds. The molecule has 0 aliphatic heterocycles. The lowest BCUT2D eigenvalue weighted by Crippen LogP contribution is -2.19. The molecule has 5 nitrogen and oxygen atoms in total. The highest BCUT2D eigenvalue weighted by molar-refractivity contribution is 6.30. The topological polar surface area (TPSA) is 60.7 Å². The second-order valence-corrected chi connectivity index (χ2v) is 9.99. The molecule has 0 aliphatic carbocycles. The lowest BCUT2D eigenvalue weighted by atomic mass is 9.83. The van der Waals surface area contributed by atoms with E-state index < -0.39 is 0 Å². The first-order chi connectivity index (χ1) is 14.0. The molecule has 1 heterocycles. The summed E-state index contributed by atoms with van der Waals surface area (Å²) in [7, 11) is 0. The Balaban J connectivity index is 2.15. The van der Waals surface area contributed by atoms with Crippen molar-refractivity contribution in [2.24, 2.45) is 5.41 Å². The monoisotopic (exact) mass is 424 g/mol. The van der Waals surface area contributed by atoms with Gasteiger partial charge in [-0.05, 0) is 57.3 Å². The van der Waals surface area contributed by atoms with Crippen LogP contribution in [0.25, 0.3) is 16.8 Å². The predicted octanol–water partition coefficient (Wildman–Crippen LogP) is 6.29. The number of rotatable bonds is 6. The normalized spacial score (nSPS) is 12.2. The minimum Gasteiger partial charge on any atom is -0.294 e. The predicted molar refractivity (Wildman–Crippen MR) is 121 cm³/mol. The van der Waals surface area contributed by atoms with Crippen LogP contribution in [0.2, 0.25) is 5.02 Å². The summed E-state index contributed by atoms with van der Waals surface area (Å²) in [4.78, 5) is 13.2. The van der Waals surface area contributed by atoms with E-state index in [1.807, 2.05) is 42.5 Å². The summed E-state index contributed by atoms with van der Waals surface area (Å²) in [5.74, 6) is 0.854. The van der Waals surface area contributed by atoms with Gasteiger partial charge >= 0.3 is 0 Å². The molecule has 0 bridgehead atoms. The van der Waals surface area contributed by atoms with E-state index in [2.05, 4.69) is 57.1 Å². The quantitative estimate of drug-likeness (QED) is 0.436. The molecule has 0 saturated heterocycles. The van der Waals surface area contributed by atoms with Crippen molar-refractivity contribution in [3.05, 3.63) is 58.9 Å². The summed E-state index contributed by atoms with van der Waals surface area (Å²) in [6.45, 7) is 12.5. The first-order valence-corrected chi connectivity index (χ1v) is 10.6. The Kier molecular flexibility index (Phi) is 6.14. The summed E-state index contributed by atoms with van der Waals surface area (Å²) in [6.07, 6.45) is 1.42. The molecule has 0 fully saturated rings. The van der Waals surface area contributed by atoms with E-state index in [-0.39, 0.29) is 16.6 Å². The maximum atomic E-state index is 13.2. The molecule has 0 unspecified atom stereocenters. The second kappa shape index (κ2) is 8.31. The first kappa shape index (κ1) is 22.2. The second-order valence-electron chi connectivity index (χ2n) is 9.56. The third-order valence-corrected chi connectivity index (χ3v) is 5.65. The van der Waals surface area contributed by atoms with Crippen molar-refractivity contribution < 1.29 is 4.79 Å². The van der Waals surface area contributed by atoms with Gasteiger partial charge in [0.05, 0.1) is 5.69 Å². The molecule has 0 N–H and O–H groups in total. The number of carbonyl (C=O) groups is 1. The third-order valence-electron chi connectivity index (χ3n) is 5.40. The Bertz CT molecular complexity index is 1050. The smallest absolute Gasteiger partial charge is 0.163 e. The van der Waals surface area contributed by atoms with Crippen molar-refractivity contribution in [2.45, 2.75) is 59.8 Å². The van der Waals surface area contributed by atoms with Gasteiger partial charge in [-0.1, -0.05) is 71.7 Å². The third kappa shape index (κ3) is 4.96. The first-order valence-electron chi connectivity index (χ1n) is 10.2. The van der Waals surface area contributed by atoms with E-state index in [0.717, 1.165) is 29.1 Å². The average Bonchev–Trinajstić information content (AvgIpc) is 3.18. The van der Waals surface area contributed by atoms with Crippen molar-refractivity contribution in [2.75, 3.05) is 0 Å². The van der Waals surface area contributed by atoms with Crippen molar-refractivity contribution in [3.8, 4) is 16.8 Å². The van der Waals surface area contributed by atoms with E-state index in [1.165, 1.54) is 0 Å². The Labute approximate surface area is 183 Å². The highest BCUT2D eigenvalue weighted by Gasteiger charge is 2.25. The number of hydrogen-bond donors (Lipinski definition) is 0. The van der Waals surface area contributed by atoms with E-state index in [4.69, 9.17) is 11.6 Å². The van der Waals surface area contributed by atoms with Crippen molar-refractivity contribution in [1.82, 2.24) is 20.2 Å². The summed E-state index contributed by atoms with van der Waals surface area (Å²) in [5.41, 5.74) is 3.05. The number of aromatic nitrogens is 4. The molecule has 6 heteroatoms. The molecule has 0 atom stereocenters. The number of ketones is 1. The van der Waals surface area contributed by atoms with Gasteiger partial charge in [0.1, 0.15) is 0 Å². The van der Waals surface area contributed by atoms with Crippen LogP contribution in [0.5, 0.6) is 0 Å². The minimum absolute atomic E-state index is 0.0566. The average molecular weight is 425 g/mol. The largest absolute Gasteiger partial charge is 0.294 e. The fourth-order valence-corrected chi connectivity index (χ4v) is 3.32. The molecular weight excluding hydrogens is 396 g/mol. The Hall–Kier alpha value is -2.53. The number of tetrazole rings is 1. The molecule has 30 heavy (non-hydrogen) atoms. The maximum absolute atomic E-state index is 13.2. The van der Waals surface area contributed by atoms with Crippen LogP contribution >= 0.6 is 11.6 Å². The maximum Gasteiger partial charge on any atom is 0.163 e. The van der Waals surface area contributed by atoms with E-state index in [9.17, 15) is 4.79 Å². The molecule has 158 valence electrons. The molecule has 2 aromatic carbocycles. The van der Waals surface area contributed by atoms with Crippen LogP contribution in [0.15, 0.2) is 42.5 Å². The van der Waals surface area contributed by atoms with Gasteiger partial charge in [0.25, 0.3) is 0 Å². The lowest BCUT2D eigenvalue weighted by molar-refractivity contribution is 0.0928. The number of carbonyl (C=O) groups excluding carboxylic acids is 1. The summed E-state index contributed by atoms with van der Waals surface area (Å²) in [6, 6.07) is 13.5. The van der Waals surface area contributed by atoms with Crippen LogP contribution in [0, 0.1) is 5.41 Å². The fourth-order valence-electron chi connectivity index (χ4n) is 3.19. The SMILES string of the molecule is CCC(C)(C)CC(=O)c1cc(-c2ccc(Cl)cc2)cc(-n2nnnc2C(C)(C)C)c1. The Morgan fingerprint density at radius 2 is 1.67 bits per heavy atom. The van der Waals surface area contributed by atoms with Gasteiger partial charge < -0.3 is 0 Å². The number of halogens is 1. The van der Waals surface area contributed by atoms with Gasteiger partial charge in [-0.2, -0.15) is 4.68 Å². The summed E-state index contributed by atoms with van der Waals surface area (Å²) in [5, 5.41) is 13.0. The molecular formula is C24H29ClN4O. The molecule has 3 aromatic rings. The van der Waals surface area contributed by atoms with Crippen LogP contribution < -0.4 is 0 Å². The van der Waals surface area contributed by atoms with Gasteiger partial charge in [-0.3, -0.25) is 4.79 Å². The molecule has 0 spiro atoms. The van der Waals surface area contributed by atoms with Crippen molar-refractivity contribution >= 4 is 17.4 Å². The van der Waals surface area contributed by atoms with Crippen molar-refractivity contribution in [1.29, 1.82) is 0 Å². The highest BCUT2D eigenvalue weighted by Crippen LogP contribution is 2.31. The molecule has 0 aliphatic rings. The van der Waals surface area contributed by atoms with E-state index in [0.29, 0.717) is 17.0 Å². The van der Waals surface area contributed by atoms with Crippen LogP contribution in [0.3, 0.4) is 0 Å². The number of Topliss-reactive ketones (excluding diaryl/α,β-unsaturated/α-hetero) is 1. The number of nitrogens with zero attached hydrogens (tertiary/aromatic N) is 4. The van der Waals surface area contributed by atoms with Gasteiger partial charge in [0.15, 0.2) is 11.6 Å². The highest BCUT2D eigenvalue weighted by atomic mass is 35.5. The van der Waals surface area contributed by atoms with Gasteiger partial charge in [0, 0.05) is 22.4 Å². The van der Waals surface area contributed by atoms with Crippen LogP contribution in [-0.2, 0) is 5.41 Å².